The van der Waals surface area contributed by atoms with Crippen molar-refractivity contribution in [2.75, 3.05) is 0 Å². The predicted molar refractivity (Wildman–Crippen MR) is 33.2 cm³/mol. The average molecular weight is 113 g/mol. The minimum atomic E-state index is -0.230. The third kappa shape index (κ3) is 5.21. The van der Waals surface area contributed by atoms with Crippen LogP contribution in [-0.4, -0.2) is 5.91 Å². The van der Waals surface area contributed by atoms with Crippen LogP contribution in [0.25, 0.3) is 0 Å². The Hall–Kier alpha value is -0.790. The molecule has 0 aromatic rings. The van der Waals surface area contributed by atoms with Crippen LogP contribution in [0.1, 0.15) is 19.3 Å². The van der Waals surface area contributed by atoms with Crippen molar-refractivity contribution >= 4 is 5.91 Å². The van der Waals surface area contributed by atoms with Crippen molar-refractivity contribution in [3.8, 4) is 0 Å². The van der Waals surface area contributed by atoms with Crippen LogP contribution >= 0.6 is 0 Å². The van der Waals surface area contributed by atoms with E-state index in [1.54, 1.807) is 6.08 Å². The molecule has 0 aliphatic heterocycles. The van der Waals surface area contributed by atoms with Crippen LogP contribution < -0.4 is 5.73 Å². The van der Waals surface area contributed by atoms with Gasteiger partial charge in [0.05, 0.1) is 0 Å². The molecule has 0 spiro atoms. The highest BCUT2D eigenvalue weighted by molar-refractivity contribution is 5.73. The Morgan fingerprint density at radius 1 is 1.75 bits per heavy atom. The summed E-state index contributed by atoms with van der Waals surface area (Å²) >= 11 is 0. The van der Waals surface area contributed by atoms with Crippen molar-refractivity contribution in [3.05, 3.63) is 12.7 Å². The highest BCUT2D eigenvalue weighted by Gasteiger charge is 1.89. The van der Waals surface area contributed by atoms with E-state index in [1.165, 1.54) is 0 Å². The maximum Gasteiger partial charge on any atom is 0.217 e. The predicted octanol–water partition coefficient (Wildman–Crippen LogP) is 0.828. The van der Waals surface area contributed by atoms with E-state index in [-0.39, 0.29) is 5.91 Å². The van der Waals surface area contributed by atoms with E-state index >= 15 is 0 Å². The SMILES string of the molecule is C=CCCCC(N)=O. The van der Waals surface area contributed by atoms with Gasteiger partial charge in [0.25, 0.3) is 0 Å². The lowest BCUT2D eigenvalue weighted by Crippen LogP contribution is -2.09. The fraction of sp³-hybridized carbons (Fsp3) is 0.500. The summed E-state index contributed by atoms with van der Waals surface area (Å²) in [6.45, 7) is 3.51. The lowest BCUT2D eigenvalue weighted by Gasteiger charge is -1.88. The first kappa shape index (κ1) is 7.21. The van der Waals surface area contributed by atoms with Crippen molar-refractivity contribution in [3.63, 3.8) is 0 Å². The van der Waals surface area contributed by atoms with Crippen LogP contribution in [0, 0.1) is 0 Å². The third-order valence-electron chi connectivity index (χ3n) is 0.831. The highest BCUT2D eigenvalue weighted by Crippen LogP contribution is 1.92. The number of hydrogen-bond donors (Lipinski definition) is 1. The van der Waals surface area contributed by atoms with Crippen LogP contribution in [0.4, 0.5) is 0 Å². The van der Waals surface area contributed by atoms with E-state index in [1.807, 2.05) is 0 Å². The van der Waals surface area contributed by atoms with Gasteiger partial charge in [-0.1, -0.05) is 6.08 Å². The first-order valence-electron chi connectivity index (χ1n) is 2.66. The molecular weight excluding hydrogens is 102 g/mol. The zero-order valence-electron chi connectivity index (χ0n) is 4.89. The molecule has 1 amide bonds. The number of unbranched alkanes of at least 4 members (excludes halogenated alkanes) is 1. The van der Waals surface area contributed by atoms with Crippen LogP contribution in [0.2, 0.25) is 0 Å². The van der Waals surface area contributed by atoms with Gasteiger partial charge in [0.2, 0.25) is 5.91 Å². The molecule has 0 atom stereocenters. The third-order valence-corrected chi connectivity index (χ3v) is 0.831. The molecule has 0 radical (unpaired) electrons. The van der Waals surface area contributed by atoms with Gasteiger partial charge in [-0.15, -0.1) is 6.58 Å². The Kier molecular flexibility index (Phi) is 3.94. The molecule has 0 aromatic heterocycles. The molecule has 0 saturated heterocycles. The van der Waals surface area contributed by atoms with Gasteiger partial charge in [-0.05, 0) is 12.8 Å². The van der Waals surface area contributed by atoms with E-state index in [0.29, 0.717) is 6.42 Å². The van der Waals surface area contributed by atoms with E-state index in [9.17, 15) is 4.79 Å². The molecule has 0 rings (SSSR count). The van der Waals surface area contributed by atoms with Gasteiger partial charge < -0.3 is 5.73 Å². The smallest absolute Gasteiger partial charge is 0.217 e. The second-order valence-corrected chi connectivity index (χ2v) is 1.65. The zero-order valence-corrected chi connectivity index (χ0v) is 4.89. The first-order valence-corrected chi connectivity index (χ1v) is 2.66. The van der Waals surface area contributed by atoms with Crippen molar-refractivity contribution in [1.82, 2.24) is 0 Å². The number of primary amides is 1. The van der Waals surface area contributed by atoms with Gasteiger partial charge in [-0.25, -0.2) is 0 Å². The summed E-state index contributed by atoms with van der Waals surface area (Å²) in [6.07, 6.45) is 3.97. The Morgan fingerprint density at radius 3 is 2.75 bits per heavy atom. The van der Waals surface area contributed by atoms with Gasteiger partial charge in [0.1, 0.15) is 0 Å². The fourth-order valence-electron chi connectivity index (χ4n) is 0.421. The van der Waals surface area contributed by atoms with Crippen molar-refractivity contribution in [2.24, 2.45) is 5.73 Å². The van der Waals surface area contributed by atoms with Crippen molar-refractivity contribution in [1.29, 1.82) is 0 Å². The van der Waals surface area contributed by atoms with Gasteiger partial charge in [0.15, 0.2) is 0 Å². The lowest BCUT2D eigenvalue weighted by atomic mass is 10.2. The lowest BCUT2D eigenvalue weighted by molar-refractivity contribution is -0.118. The standard InChI is InChI=1S/C6H11NO/c1-2-3-4-5-6(7)8/h2H,1,3-5H2,(H2,7,8). The largest absolute Gasteiger partial charge is 0.370 e. The number of carbonyl (C=O) groups is 1. The van der Waals surface area contributed by atoms with Crippen molar-refractivity contribution < 1.29 is 4.79 Å². The van der Waals surface area contributed by atoms with Crippen LogP contribution in [-0.2, 0) is 4.79 Å². The Labute approximate surface area is 49.4 Å². The minimum Gasteiger partial charge on any atom is -0.370 e. The van der Waals surface area contributed by atoms with E-state index in [0.717, 1.165) is 12.8 Å². The molecule has 0 aliphatic carbocycles. The number of allylic oxidation sites excluding steroid dienone is 1. The second kappa shape index (κ2) is 4.37. The maximum atomic E-state index is 10.1. The molecule has 0 unspecified atom stereocenters. The molecular formula is C6H11NO. The number of amides is 1. The highest BCUT2D eigenvalue weighted by atomic mass is 16.1. The summed E-state index contributed by atoms with van der Waals surface area (Å²) in [6, 6.07) is 0. The Morgan fingerprint density at radius 2 is 2.38 bits per heavy atom. The molecule has 0 bridgehead atoms. The molecule has 8 heavy (non-hydrogen) atoms. The summed E-state index contributed by atoms with van der Waals surface area (Å²) in [4.78, 5) is 10.1. The van der Waals surface area contributed by atoms with Gasteiger partial charge in [-0.2, -0.15) is 0 Å². The summed E-state index contributed by atoms with van der Waals surface area (Å²) in [5.41, 5.74) is 4.86. The summed E-state index contributed by atoms with van der Waals surface area (Å²) < 4.78 is 0. The summed E-state index contributed by atoms with van der Waals surface area (Å²) in [7, 11) is 0. The van der Waals surface area contributed by atoms with Crippen LogP contribution in [0.5, 0.6) is 0 Å². The van der Waals surface area contributed by atoms with Crippen LogP contribution in [0.15, 0.2) is 12.7 Å². The topological polar surface area (TPSA) is 43.1 Å². The quantitative estimate of drug-likeness (QED) is 0.426. The first-order chi connectivity index (χ1) is 3.77. The molecule has 2 nitrogen and oxygen atoms in total. The van der Waals surface area contributed by atoms with Crippen LogP contribution in [0.3, 0.4) is 0 Å². The average Bonchev–Trinajstić information content (AvgIpc) is 1.66. The van der Waals surface area contributed by atoms with E-state index in [2.05, 4.69) is 6.58 Å². The van der Waals surface area contributed by atoms with Gasteiger partial charge in [-0.3, -0.25) is 4.79 Å². The minimum absolute atomic E-state index is 0.230. The van der Waals surface area contributed by atoms with Gasteiger partial charge in [0, 0.05) is 6.42 Å². The molecule has 0 aromatic carbocycles. The Balaban J connectivity index is 2.93. The fourth-order valence-corrected chi connectivity index (χ4v) is 0.421. The van der Waals surface area contributed by atoms with Crippen molar-refractivity contribution in [2.45, 2.75) is 19.3 Å². The second-order valence-electron chi connectivity index (χ2n) is 1.65. The molecule has 0 aliphatic rings. The molecule has 0 fully saturated rings. The zero-order chi connectivity index (χ0) is 6.41. The number of carbonyl (C=O) groups excluding carboxylic acids is 1. The monoisotopic (exact) mass is 113 g/mol. The maximum absolute atomic E-state index is 10.1. The summed E-state index contributed by atoms with van der Waals surface area (Å²) in [5.74, 6) is -0.230. The van der Waals surface area contributed by atoms with E-state index < -0.39 is 0 Å². The molecule has 46 valence electrons. The molecule has 2 N–H and O–H groups in total. The van der Waals surface area contributed by atoms with E-state index in [4.69, 9.17) is 5.73 Å². The molecule has 2 heteroatoms. The normalized spacial score (nSPS) is 8.50. The summed E-state index contributed by atoms with van der Waals surface area (Å²) in [5, 5.41) is 0. The molecule has 0 heterocycles. The number of hydrogen-bond acceptors (Lipinski definition) is 1. The van der Waals surface area contributed by atoms with Gasteiger partial charge >= 0.3 is 0 Å². The Bertz CT molecular complexity index is 88.5. The number of nitrogens with two attached hydrogens (primary N) is 1. The number of rotatable bonds is 4. The molecule has 0 saturated carbocycles.